The molecule has 0 radical (unpaired) electrons. The van der Waals surface area contributed by atoms with Crippen LogP contribution in [-0.2, 0) is 0 Å². The Morgan fingerprint density at radius 1 is 1.03 bits per heavy atom. The average molecular weight is 436 g/mol. The van der Waals surface area contributed by atoms with Crippen molar-refractivity contribution in [2.24, 2.45) is 5.92 Å². The van der Waals surface area contributed by atoms with Crippen molar-refractivity contribution in [2.75, 3.05) is 36.4 Å². The van der Waals surface area contributed by atoms with Crippen molar-refractivity contribution in [1.29, 1.82) is 0 Å². The summed E-state index contributed by atoms with van der Waals surface area (Å²) in [5.41, 5.74) is 1.42. The van der Waals surface area contributed by atoms with Crippen LogP contribution in [0.15, 0.2) is 48.1 Å². The summed E-state index contributed by atoms with van der Waals surface area (Å²) in [4.78, 5) is 13.9. The largest absolute Gasteiger partial charge is 0.368 e. The van der Waals surface area contributed by atoms with Gasteiger partial charge in [0, 0.05) is 59.9 Å². The number of rotatable bonds is 6. The van der Waals surface area contributed by atoms with E-state index in [0.29, 0.717) is 12.1 Å². The lowest BCUT2D eigenvalue weighted by molar-refractivity contribution is 0.167. The van der Waals surface area contributed by atoms with Crippen molar-refractivity contribution in [3.05, 3.63) is 48.1 Å². The molecule has 1 atom stereocenters. The van der Waals surface area contributed by atoms with Crippen LogP contribution in [0.25, 0.3) is 10.1 Å². The van der Waals surface area contributed by atoms with Crippen LogP contribution in [-0.4, -0.2) is 53.1 Å². The molecule has 0 spiro atoms. The summed E-state index contributed by atoms with van der Waals surface area (Å²) in [6.45, 7) is 7.07. The molecule has 5 rings (SSSR count). The van der Waals surface area contributed by atoms with E-state index in [-0.39, 0.29) is 0 Å². The summed E-state index contributed by atoms with van der Waals surface area (Å²) in [6.07, 6.45) is 10.1. The fraction of sp³-hybridized carbons (Fsp3) is 0.520. The summed E-state index contributed by atoms with van der Waals surface area (Å²) < 4.78 is 1.40. The zero-order chi connectivity index (χ0) is 21.0. The van der Waals surface area contributed by atoms with Gasteiger partial charge < -0.3 is 10.2 Å². The van der Waals surface area contributed by atoms with E-state index < -0.39 is 0 Å². The molecule has 1 N–H and O–H groups in total. The molecule has 164 valence electrons. The van der Waals surface area contributed by atoms with Crippen LogP contribution < -0.4 is 10.2 Å². The van der Waals surface area contributed by atoms with Gasteiger partial charge in [-0.3, -0.25) is 4.90 Å². The van der Waals surface area contributed by atoms with Crippen LogP contribution >= 0.6 is 11.3 Å². The molecule has 1 aromatic carbocycles. The monoisotopic (exact) mass is 435 g/mol. The standard InChI is InChI=1S/C25H33N5S/c1-19-18-30(23-4-2-5-24-22(23)11-17-31-24)16-15-29(19)14-10-20-6-8-21(9-7-20)28-25-26-12-3-13-27-25/h2-5,11-13,17,19-21H,6-10,14-16,18H2,1H3,(H,26,27,28)/t19-,20?,21?/m1/s1. The number of nitrogens with zero attached hydrogens (tertiary/aromatic N) is 4. The van der Waals surface area contributed by atoms with Crippen LogP contribution in [0, 0.1) is 5.92 Å². The molecule has 1 aliphatic carbocycles. The molecule has 1 saturated heterocycles. The van der Waals surface area contributed by atoms with Crippen molar-refractivity contribution in [3.8, 4) is 0 Å². The van der Waals surface area contributed by atoms with Crippen molar-refractivity contribution in [2.45, 2.75) is 51.1 Å². The smallest absolute Gasteiger partial charge is 0.222 e. The molecule has 31 heavy (non-hydrogen) atoms. The Morgan fingerprint density at radius 3 is 2.68 bits per heavy atom. The highest BCUT2D eigenvalue weighted by atomic mass is 32.1. The first-order valence-electron chi connectivity index (χ1n) is 11.7. The zero-order valence-electron chi connectivity index (χ0n) is 18.4. The molecule has 1 aliphatic heterocycles. The number of fused-ring (bicyclic) bond motifs is 1. The maximum atomic E-state index is 4.31. The summed E-state index contributed by atoms with van der Waals surface area (Å²) >= 11 is 1.84. The first kappa shape index (κ1) is 20.7. The van der Waals surface area contributed by atoms with Gasteiger partial charge in [-0.1, -0.05) is 6.07 Å². The second kappa shape index (κ2) is 9.53. The van der Waals surface area contributed by atoms with Crippen LogP contribution in [0.2, 0.25) is 0 Å². The number of piperazine rings is 1. The predicted molar refractivity (Wildman–Crippen MR) is 131 cm³/mol. The number of anilines is 2. The second-order valence-electron chi connectivity index (χ2n) is 9.16. The minimum Gasteiger partial charge on any atom is -0.368 e. The van der Waals surface area contributed by atoms with E-state index in [2.05, 4.69) is 61.7 Å². The lowest BCUT2D eigenvalue weighted by Crippen LogP contribution is -2.52. The van der Waals surface area contributed by atoms with E-state index in [1.807, 2.05) is 29.8 Å². The molecule has 6 heteroatoms. The topological polar surface area (TPSA) is 44.3 Å². The zero-order valence-corrected chi connectivity index (χ0v) is 19.2. The number of thiophene rings is 1. The van der Waals surface area contributed by atoms with Gasteiger partial charge >= 0.3 is 0 Å². The fourth-order valence-electron chi connectivity index (χ4n) is 5.30. The summed E-state index contributed by atoms with van der Waals surface area (Å²) in [5, 5.41) is 7.14. The molecule has 0 unspecified atom stereocenters. The number of aromatic nitrogens is 2. The van der Waals surface area contributed by atoms with Gasteiger partial charge in [-0.05, 0) is 81.1 Å². The third-order valence-corrected chi connectivity index (χ3v) is 8.03. The third kappa shape index (κ3) is 4.85. The molecule has 2 aromatic heterocycles. The van der Waals surface area contributed by atoms with Gasteiger partial charge in [0.2, 0.25) is 5.95 Å². The van der Waals surface area contributed by atoms with Crippen molar-refractivity contribution in [1.82, 2.24) is 14.9 Å². The summed E-state index contributed by atoms with van der Waals surface area (Å²) in [5.74, 6) is 1.63. The van der Waals surface area contributed by atoms with Crippen LogP contribution in [0.3, 0.4) is 0 Å². The minimum absolute atomic E-state index is 0.529. The van der Waals surface area contributed by atoms with Gasteiger partial charge in [0.25, 0.3) is 0 Å². The lowest BCUT2D eigenvalue weighted by atomic mass is 9.84. The molecule has 0 bridgehead atoms. The van der Waals surface area contributed by atoms with E-state index in [1.165, 1.54) is 61.0 Å². The quantitative estimate of drug-likeness (QED) is 0.572. The van der Waals surface area contributed by atoms with Gasteiger partial charge in [0.15, 0.2) is 0 Å². The van der Waals surface area contributed by atoms with Crippen molar-refractivity contribution in [3.63, 3.8) is 0 Å². The van der Waals surface area contributed by atoms with Crippen LogP contribution in [0.1, 0.15) is 39.0 Å². The Hall–Kier alpha value is -2.18. The SMILES string of the molecule is C[C@@H]1CN(c2cccc3sccc23)CCN1CCC1CCC(Nc2ncccn2)CC1. The minimum atomic E-state index is 0.529. The fourth-order valence-corrected chi connectivity index (χ4v) is 6.11. The second-order valence-corrected chi connectivity index (χ2v) is 10.1. The molecule has 3 heterocycles. The van der Waals surface area contributed by atoms with Crippen molar-refractivity contribution < 1.29 is 0 Å². The molecule has 0 amide bonds. The van der Waals surface area contributed by atoms with E-state index in [0.717, 1.165) is 25.0 Å². The van der Waals surface area contributed by atoms with Gasteiger partial charge in [0.1, 0.15) is 0 Å². The van der Waals surface area contributed by atoms with E-state index in [1.54, 1.807) is 0 Å². The number of benzene rings is 1. The highest BCUT2D eigenvalue weighted by Crippen LogP contribution is 2.32. The molecular weight excluding hydrogens is 402 g/mol. The molecule has 1 saturated carbocycles. The lowest BCUT2D eigenvalue weighted by Gasteiger charge is -2.42. The third-order valence-electron chi connectivity index (χ3n) is 7.15. The van der Waals surface area contributed by atoms with Crippen LogP contribution in [0.4, 0.5) is 11.6 Å². The molecule has 2 aliphatic rings. The number of hydrogen-bond donors (Lipinski definition) is 1. The van der Waals surface area contributed by atoms with E-state index in [4.69, 9.17) is 0 Å². The predicted octanol–water partition coefficient (Wildman–Crippen LogP) is 5.26. The van der Waals surface area contributed by atoms with Gasteiger partial charge in [-0.25, -0.2) is 9.97 Å². The van der Waals surface area contributed by atoms with E-state index >= 15 is 0 Å². The Balaban J connectivity index is 1.08. The highest BCUT2D eigenvalue weighted by molar-refractivity contribution is 7.17. The number of hydrogen-bond acceptors (Lipinski definition) is 6. The van der Waals surface area contributed by atoms with Crippen molar-refractivity contribution >= 4 is 33.1 Å². The molecular formula is C25H33N5S. The average Bonchev–Trinajstić information content (AvgIpc) is 3.29. The first-order chi connectivity index (χ1) is 15.3. The maximum Gasteiger partial charge on any atom is 0.222 e. The van der Waals surface area contributed by atoms with Gasteiger partial charge in [0.05, 0.1) is 0 Å². The normalized spacial score (nSPS) is 25.1. The summed E-state index contributed by atoms with van der Waals surface area (Å²) in [6, 6.07) is 12.0. The Labute approximate surface area is 189 Å². The molecule has 3 aromatic rings. The summed E-state index contributed by atoms with van der Waals surface area (Å²) in [7, 11) is 0. The van der Waals surface area contributed by atoms with Gasteiger partial charge in [-0.2, -0.15) is 0 Å². The Morgan fingerprint density at radius 2 is 1.87 bits per heavy atom. The first-order valence-corrected chi connectivity index (χ1v) is 12.6. The number of nitrogens with one attached hydrogen (secondary N) is 1. The Bertz CT molecular complexity index is 966. The molecule has 2 fully saturated rings. The highest BCUT2D eigenvalue weighted by Gasteiger charge is 2.27. The Kier molecular flexibility index (Phi) is 6.37. The molecule has 5 nitrogen and oxygen atoms in total. The van der Waals surface area contributed by atoms with Crippen LogP contribution in [0.5, 0.6) is 0 Å². The van der Waals surface area contributed by atoms with Gasteiger partial charge in [-0.15, -0.1) is 11.3 Å². The maximum absolute atomic E-state index is 4.31. The van der Waals surface area contributed by atoms with E-state index in [9.17, 15) is 0 Å².